The molecule has 6 heteroatoms. The molecule has 1 aromatic heterocycles. The van der Waals surface area contributed by atoms with E-state index in [1.165, 1.54) is 0 Å². The molecule has 33 heavy (non-hydrogen) atoms. The molecular weight excluding hydrogens is 414 g/mol. The first kappa shape index (κ1) is 21.6. The summed E-state index contributed by atoms with van der Waals surface area (Å²) >= 11 is 0. The predicted octanol–water partition coefficient (Wildman–Crippen LogP) is 5.24. The van der Waals surface area contributed by atoms with Crippen molar-refractivity contribution in [2.75, 3.05) is 0 Å². The first-order valence-corrected chi connectivity index (χ1v) is 11.5. The SMILES string of the molecule is CC1(C)CC(=O)C2=C(C1)NC1=C(C(=O)CC(C)(C)C1)C2c1cccc(Oc2ncccn2)c1. The number of rotatable bonds is 3. The van der Waals surface area contributed by atoms with Crippen LogP contribution in [0.1, 0.15) is 64.9 Å². The molecule has 0 fully saturated rings. The van der Waals surface area contributed by atoms with Crippen molar-refractivity contribution in [3.05, 3.63) is 70.8 Å². The van der Waals surface area contributed by atoms with E-state index in [0.717, 1.165) is 40.9 Å². The van der Waals surface area contributed by atoms with E-state index in [0.29, 0.717) is 18.6 Å². The van der Waals surface area contributed by atoms with Gasteiger partial charge in [0.15, 0.2) is 11.6 Å². The number of Topliss-reactive ketones (excluding diaryl/α,β-unsaturated/α-hetero) is 2. The van der Waals surface area contributed by atoms with Gasteiger partial charge in [-0.1, -0.05) is 39.8 Å². The minimum Gasteiger partial charge on any atom is -0.424 e. The number of hydrogen-bond acceptors (Lipinski definition) is 6. The van der Waals surface area contributed by atoms with Crippen LogP contribution in [-0.4, -0.2) is 21.5 Å². The van der Waals surface area contributed by atoms with Crippen LogP contribution in [0, 0.1) is 10.8 Å². The zero-order chi connectivity index (χ0) is 23.4. The van der Waals surface area contributed by atoms with Crippen LogP contribution >= 0.6 is 0 Å². The molecule has 0 saturated heterocycles. The summed E-state index contributed by atoms with van der Waals surface area (Å²) in [6.45, 7) is 8.50. The molecule has 0 bridgehead atoms. The molecular formula is C27H29N3O3. The lowest BCUT2D eigenvalue weighted by Crippen LogP contribution is -2.42. The number of hydrogen-bond donors (Lipinski definition) is 1. The van der Waals surface area contributed by atoms with Crippen molar-refractivity contribution in [1.82, 2.24) is 15.3 Å². The molecule has 2 aliphatic carbocycles. The minimum absolute atomic E-state index is 0.112. The van der Waals surface area contributed by atoms with Gasteiger partial charge in [0.2, 0.25) is 0 Å². The van der Waals surface area contributed by atoms with Crippen molar-refractivity contribution < 1.29 is 14.3 Å². The fraction of sp³-hybridized carbons (Fsp3) is 0.407. The Morgan fingerprint density at radius 1 is 0.848 bits per heavy atom. The monoisotopic (exact) mass is 443 g/mol. The number of ether oxygens (including phenoxy) is 1. The third-order valence-electron chi connectivity index (χ3n) is 6.66. The second kappa shape index (κ2) is 7.65. The molecule has 1 aromatic carbocycles. The summed E-state index contributed by atoms with van der Waals surface area (Å²) in [5.41, 5.74) is 4.03. The van der Waals surface area contributed by atoms with E-state index in [9.17, 15) is 9.59 Å². The highest BCUT2D eigenvalue weighted by atomic mass is 16.5. The number of benzene rings is 1. The van der Waals surface area contributed by atoms with Gasteiger partial charge >= 0.3 is 6.01 Å². The first-order chi connectivity index (χ1) is 15.6. The Labute approximate surface area is 194 Å². The van der Waals surface area contributed by atoms with Gasteiger partial charge in [-0.15, -0.1) is 0 Å². The molecule has 1 N–H and O–H groups in total. The van der Waals surface area contributed by atoms with Gasteiger partial charge in [-0.3, -0.25) is 9.59 Å². The number of carbonyl (C=O) groups is 2. The van der Waals surface area contributed by atoms with Crippen LogP contribution in [0.4, 0.5) is 0 Å². The minimum atomic E-state index is -0.385. The topological polar surface area (TPSA) is 81.2 Å². The van der Waals surface area contributed by atoms with Crippen molar-refractivity contribution in [3.8, 4) is 11.8 Å². The molecule has 170 valence electrons. The summed E-state index contributed by atoms with van der Waals surface area (Å²) < 4.78 is 5.86. The molecule has 1 aliphatic heterocycles. The molecule has 0 radical (unpaired) electrons. The van der Waals surface area contributed by atoms with E-state index in [-0.39, 0.29) is 34.3 Å². The Morgan fingerprint density at radius 2 is 1.42 bits per heavy atom. The number of nitrogens with zero attached hydrogens (tertiary/aromatic N) is 2. The highest BCUT2D eigenvalue weighted by Crippen LogP contribution is 2.51. The molecule has 3 aliphatic rings. The number of ketones is 2. The Balaban J connectivity index is 1.62. The maximum Gasteiger partial charge on any atom is 0.321 e. The maximum absolute atomic E-state index is 13.4. The van der Waals surface area contributed by atoms with Crippen molar-refractivity contribution in [3.63, 3.8) is 0 Å². The molecule has 0 saturated carbocycles. The normalized spacial score (nSPS) is 21.9. The van der Waals surface area contributed by atoms with Crippen LogP contribution in [0.5, 0.6) is 11.8 Å². The molecule has 5 rings (SSSR count). The van der Waals surface area contributed by atoms with E-state index in [1.807, 2.05) is 24.3 Å². The lowest BCUT2D eigenvalue weighted by molar-refractivity contribution is -0.119. The number of carbonyl (C=O) groups excluding carboxylic acids is 2. The largest absolute Gasteiger partial charge is 0.424 e. The van der Waals surface area contributed by atoms with Crippen molar-refractivity contribution >= 4 is 11.6 Å². The highest BCUT2D eigenvalue weighted by Gasteiger charge is 2.46. The van der Waals surface area contributed by atoms with Gasteiger partial charge in [-0.25, -0.2) is 9.97 Å². The molecule has 6 nitrogen and oxygen atoms in total. The zero-order valence-corrected chi connectivity index (χ0v) is 19.6. The average Bonchev–Trinajstić information content (AvgIpc) is 2.71. The standard InChI is InChI=1S/C27H29N3O3/c1-26(2)12-18-23(20(31)14-26)22(24-19(30-18)13-27(3,4)15-21(24)32)16-7-5-8-17(11-16)33-25-28-9-6-10-29-25/h5-11,22,30H,12-15H2,1-4H3. The van der Waals surface area contributed by atoms with Crippen LogP contribution in [0.15, 0.2) is 65.3 Å². The second-order valence-corrected chi connectivity index (χ2v) is 10.9. The Bertz CT molecular complexity index is 1160. The van der Waals surface area contributed by atoms with Crippen LogP contribution in [0.3, 0.4) is 0 Å². The van der Waals surface area contributed by atoms with Gasteiger partial charge in [0.05, 0.1) is 0 Å². The number of nitrogens with one attached hydrogen (secondary N) is 1. The van der Waals surface area contributed by atoms with Gasteiger partial charge in [0.25, 0.3) is 0 Å². The van der Waals surface area contributed by atoms with E-state index in [2.05, 4.69) is 43.0 Å². The lowest BCUT2D eigenvalue weighted by Gasteiger charge is -2.44. The van der Waals surface area contributed by atoms with Crippen LogP contribution in [0.25, 0.3) is 0 Å². The highest BCUT2D eigenvalue weighted by molar-refractivity contribution is 6.06. The van der Waals surface area contributed by atoms with Gasteiger partial charge in [-0.05, 0) is 47.4 Å². The molecule has 2 heterocycles. The summed E-state index contributed by atoms with van der Waals surface area (Å²) in [6, 6.07) is 9.59. The quantitative estimate of drug-likeness (QED) is 0.698. The van der Waals surface area contributed by atoms with Crippen molar-refractivity contribution in [2.45, 2.75) is 59.3 Å². The Morgan fingerprint density at radius 3 is 2.00 bits per heavy atom. The van der Waals surface area contributed by atoms with Gasteiger partial charge in [0.1, 0.15) is 5.75 Å². The van der Waals surface area contributed by atoms with E-state index in [1.54, 1.807) is 18.5 Å². The van der Waals surface area contributed by atoms with Crippen molar-refractivity contribution in [2.24, 2.45) is 10.8 Å². The van der Waals surface area contributed by atoms with Gasteiger partial charge < -0.3 is 10.1 Å². The summed E-state index contributed by atoms with van der Waals surface area (Å²) in [4.78, 5) is 35.1. The fourth-order valence-corrected chi connectivity index (χ4v) is 5.42. The number of dihydropyridines is 1. The van der Waals surface area contributed by atoms with E-state index in [4.69, 9.17) is 4.74 Å². The summed E-state index contributed by atoms with van der Waals surface area (Å²) in [6.07, 6.45) is 5.75. The number of aromatic nitrogens is 2. The summed E-state index contributed by atoms with van der Waals surface area (Å²) in [5, 5.41) is 3.55. The molecule has 0 atom stereocenters. The number of allylic oxidation sites excluding steroid dienone is 4. The summed E-state index contributed by atoms with van der Waals surface area (Å²) in [5.74, 6) is 0.415. The summed E-state index contributed by atoms with van der Waals surface area (Å²) in [7, 11) is 0. The molecule has 0 unspecified atom stereocenters. The first-order valence-electron chi connectivity index (χ1n) is 11.5. The van der Waals surface area contributed by atoms with E-state index < -0.39 is 0 Å². The lowest BCUT2D eigenvalue weighted by atomic mass is 9.64. The predicted molar refractivity (Wildman–Crippen MR) is 125 cm³/mol. The van der Waals surface area contributed by atoms with Crippen LogP contribution < -0.4 is 10.1 Å². The third-order valence-corrected chi connectivity index (χ3v) is 6.66. The Kier molecular flexibility index (Phi) is 5.00. The average molecular weight is 444 g/mol. The van der Waals surface area contributed by atoms with Gasteiger partial charge in [-0.2, -0.15) is 0 Å². The third kappa shape index (κ3) is 4.10. The van der Waals surface area contributed by atoms with Crippen molar-refractivity contribution in [1.29, 1.82) is 0 Å². The second-order valence-electron chi connectivity index (χ2n) is 10.9. The maximum atomic E-state index is 13.4. The molecule has 0 spiro atoms. The molecule has 0 amide bonds. The molecule has 2 aromatic rings. The van der Waals surface area contributed by atoms with Crippen LogP contribution in [-0.2, 0) is 9.59 Å². The Hall–Kier alpha value is -3.28. The smallest absolute Gasteiger partial charge is 0.321 e. The fourth-order valence-electron chi connectivity index (χ4n) is 5.42. The van der Waals surface area contributed by atoms with Crippen LogP contribution in [0.2, 0.25) is 0 Å². The van der Waals surface area contributed by atoms with E-state index >= 15 is 0 Å². The van der Waals surface area contributed by atoms with Gasteiger partial charge in [0, 0.05) is 53.7 Å². The zero-order valence-electron chi connectivity index (χ0n) is 19.6.